The molecule has 30 heavy (non-hydrogen) atoms. The van der Waals surface area contributed by atoms with Crippen molar-refractivity contribution in [1.29, 1.82) is 0 Å². The monoisotopic (exact) mass is 394 g/mol. The Labute approximate surface area is 174 Å². The van der Waals surface area contributed by atoms with E-state index in [2.05, 4.69) is 58.2 Å². The van der Waals surface area contributed by atoms with Crippen molar-refractivity contribution < 1.29 is 4.79 Å². The van der Waals surface area contributed by atoms with Crippen LogP contribution in [-0.4, -0.2) is 20.0 Å². The van der Waals surface area contributed by atoms with E-state index in [9.17, 15) is 4.79 Å². The van der Waals surface area contributed by atoms with Crippen molar-refractivity contribution in [2.75, 3.05) is 5.32 Å². The van der Waals surface area contributed by atoms with Crippen LogP contribution in [0.4, 0.5) is 5.69 Å². The summed E-state index contributed by atoms with van der Waals surface area (Å²) in [6, 6.07) is 22.2. The standard InChI is InChI=1S/C25H22N4O/c1-2-29-23-6-4-3-5-21(23)22-15-20(11-12-24(22)29)27-25(30)19-9-7-18(8-10-19)16-28-14-13-26-17-28/h3-15,17H,2,16H2,1H3,(H,27,30). The molecule has 0 saturated carbocycles. The summed E-state index contributed by atoms with van der Waals surface area (Å²) in [5.74, 6) is -0.109. The highest BCUT2D eigenvalue weighted by atomic mass is 16.1. The average molecular weight is 394 g/mol. The molecule has 0 unspecified atom stereocenters. The van der Waals surface area contributed by atoms with E-state index in [1.165, 1.54) is 16.4 Å². The maximum atomic E-state index is 12.8. The summed E-state index contributed by atoms with van der Waals surface area (Å²) in [5, 5.41) is 5.40. The van der Waals surface area contributed by atoms with Crippen LogP contribution in [0.5, 0.6) is 0 Å². The van der Waals surface area contributed by atoms with Crippen molar-refractivity contribution in [1.82, 2.24) is 14.1 Å². The first kappa shape index (κ1) is 18.2. The molecule has 0 spiro atoms. The molecule has 1 N–H and O–H groups in total. The number of hydrogen-bond acceptors (Lipinski definition) is 2. The Hall–Kier alpha value is -3.86. The smallest absolute Gasteiger partial charge is 0.255 e. The van der Waals surface area contributed by atoms with Gasteiger partial charge in [0.15, 0.2) is 0 Å². The van der Waals surface area contributed by atoms with Crippen LogP contribution in [0.15, 0.2) is 85.5 Å². The Morgan fingerprint density at radius 3 is 2.53 bits per heavy atom. The second-order valence-electron chi connectivity index (χ2n) is 7.38. The summed E-state index contributed by atoms with van der Waals surface area (Å²) in [5.41, 5.74) is 4.96. The van der Waals surface area contributed by atoms with Gasteiger partial charge in [-0.3, -0.25) is 4.79 Å². The fourth-order valence-electron chi connectivity index (χ4n) is 4.03. The molecule has 2 aromatic heterocycles. The first-order valence-corrected chi connectivity index (χ1v) is 10.1. The minimum absolute atomic E-state index is 0.109. The van der Waals surface area contributed by atoms with Gasteiger partial charge >= 0.3 is 0 Å². The zero-order valence-electron chi connectivity index (χ0n) is 16.7. The summed E-state index contributed by atoms with van der Waals surface area (Å²) in [7, 11) is 0. The second kappa shape index (κ2) is 7.52. The van der Waals surface area contributed by atoms with Crippen LogP contribution in [0.3, 0.4) is 0 Å². The number of rotatable bonds is 5. The van der Waals surface area contributed by atoms with E-state index in [0.29, 0.717) is 5.56 Å². The molecule has 0 aliphatic carbocycles. The Morgan fingerprint density at radius 2 is 1.77 bits per heavy atom. The maximum Gasteiger partial charge on any atom is 0.255 e. The van der Waals surface area contributed by atoms with Gasteiger partial charge < -0.3 is 14.5 Å². The molecule has 3 aromatic carbocycles. The number of para-hydroxylation sites is 1. The number of nitrogens with zero attached hydrogens (tertiary/aromatic N) is 3. The SMILES string of the molecule is CCn1c2ccccc2c2cc(NC(=O)c3ccc(Cn4ccnc4)cc3)ccc21. The molecule has 0 atom stereocenters. The molecule has 5 heteroatoms. The van der Waals surface area contributed by atoms with E-state index in [1.54, 1.807) is 12.5 Å². The molecule has 148 valence electrons. The number of imidazole rings is 1. The number of anilines is 1. The zero-order chi connectivity index (χ0) is 20.5. The van der Waals surface area contributed by atoms with Gasteiger partial charge in [0.2, 0.25) is 0 Å². The van der Waals surface area contributed by atoms with E-state index in [4.69, 9.17) is 0 Å². The van der Waals surface area contributed by atoms with E-state index in [0.717, 1.165) is 29.7 Å². The lowest BCUT2D eigenvalue weighted by atomic mass is 10.1. The number of nitrogens with one attached hydrogen (secondary N) is 1. The Bertz CT molecular complexity index is 1330. The van der Waals surface area contributed by atoms with Gasteiger partial charge in [0.1, 0.15) is 0 Å². The molecule has 0 fully saturated rings. The molecule has 0 bridgehead atoms. The molecule has 0 aliphatic heterocycles. The van der Waals surface area contributed by atoms with Gasteiger partial charge in [-0.15, -0.1) is 0 Å². The van der Waals surface area contributed by atoms with Crippen molar-refractivity contribution >= 4 is 33.4 Å². The summed E-state index contributed by atoms with van der Waals surface area (Å²) in [6.45, 7) is 3.79. The van der Waals surface area contributed by atoms with E-state index < -0.39 is 0 Å². The molecule has 5 rings (SSSR count). The third-order valence-electron chi connectivity index (χ3n) is 5.49. The highest BCUT2D eigenvalue weighted by molar-refractivity contribution is 6.11. The van der Waals surface area contributed by atoms with Gasteiger partial charge in [-0.1, -0.05) is 30.3 Å². The van der Waals surface area contributed by atoms with Crippen molar-refractivity contribution in [2.24, 2.45) is 0 Å². The van der Waals surface area contributed by atoms with Crippen LogP contribution in [-0.2, 0) is 13.1 Å². The van der Waals surface area contributed by atoms with Crippen LogP contribution in [0.2, 0.25) is 0 Å². The van der Waals surface area contributed by atoms with Crippen molar-refractivity contribution in [3.8, 4) is 0 Å². The number of carbonyl (C=O) groups excluding carboxylic acids is 1. The lowest BCUT2D eigenvalue weighted by molar-refractivity contribution is 0.102. The molecule has 5 aromatic rings. The van der Waals surface area contributed by atoms with Gasteiger partial charge in [0, 0.05) is 58.5 Å². The number of aryl methyl sites for hydroxylation is 1. The lowest BCUT2D eigenvalue weighted by Crippen LogP contribution is -2.12. The van der Waals surface area contributed by atoms with Crippen LogP contribution in [0.1, 0.15) is 22.8 Å². The summed E-state index contributed by atoms with van der Waals surface area (Å²) < 4.78 is 4.30. The van der Waals surface area contributed by atoms with Gasteiger partial charge in [-0.05, 0) is 48.9 Å². The molecule has 2 heterocycles. The van der Waals surface area contributed by atoms with E-state index in [-0.39, 0.29) is 5.91 Å². The summed E-state index contributed by atoms with van der Waals surface area (Å²) in [6.07, 6.45) is 5.47. The van der Waals surface area contributed by atoms with Gasteiger partial charge in [-0.25, -0.2) is 4.98 Å². The summed E-state index contributed by atoms with van der Waals surface area (Å²) in [4.78, 5) is 16.8. The Morgan fingerprint density at radius 1 is 0.967 bits per heavy atom. The zero-order valence-corrected chi connectivity index (χ0v) is 16.7. The van der Waals surface area contributed by atoms with Crippen LogP contribution in [0, 0.1) is 0 Å². The largest absolute Gasteiger partial charge is 0.341 e. The van der Waals surface area contributed by atoms with Crippen molar-refractivity contribution in [2.45, 2.75) is 20.0 Å². The summed E-state index contributed by atoms with van der Waals surface area (Å²) >= 11 is 0. The molecule has 5 nitrogen and oxygen atoms in total. The number of fused-ring (bicyclic) bond motifs is 3. The number of amides is 1. The lowest BCUT2D eigenvalue weighted by Gasteiger charge is -2.08. The maximum absolute atomic E-state index is 12.8. The molecule has 0 radical (unpaired) electrons. The van der Waals surface area contributed by atoms with Gasteiger partial charge in [0.05, 0.1) is 6.33 Å². The van der Waals surface area contributed by atoms with Crippen LogP contribution < -0.4 is 5.32 Å². The molecule has 0 saturated heterocycles. The van der Waals surface area contributed by atoms with Crippen LogP contribution >= 0.6 is 0 Å². The minimum atomic E-state index is -0.109. The van der Waals surface area contributed by atoms with Crippen molar-refractivity contribution in [3.05, 3.63) is 96.6 Å². The van der Waals surface area contributed by atoms with Gasteiger partial charge in [0.25, 0.3) is 5.91 Å². The van der Waals surface area contributed by atoms with Crippen molar-refractivity contribution in [3.63, 3.8) is 0 Å². The third-order valence-corrected chi connectivity index (χ3v) is 5.49. The van der Waals surface area contributed by atoms with E-state index >= 15 is 0 Å². The Balaban J connectivity index is 1.40. The highest BCUT2D eigenvalue weighted by Crippen LogP contribution is 2.31. The number of aromatic nitrogens is 3. The normalized spacial score (nSPS) is 11.2. The molecule has 0 aliphatic rings. The quantitative estimate of drug-likeness (QED) is 0.439. The first-order valence-electron chi connectivity index (χ1n) is 10.1. The second-order valence-corrected chi connectivity index (χ2v) is 7.38. The molecular weight excluding hydrogens is 372 g/mol. The number of carbonyl (C=O) groups is 1. The first-order chi connectivity index (χ1) is 14.7. The third kappa shape index (κ3) is 3.24. The average Bonchev–Trinajstić information content (AvgIpc) is 3.39. The molecular formula is C25H22N4O. The number of hydrogen-bond donors (Lipinski definition) is 1. The molecule has 1 amide bonds. The van der Waals surface area contributed by atoms with Crippen LogP contribution in [0.25, 0.3) is 21.8 Å². The Kier molecular flexibility index (Phi) is 4.56. The van der Waals surface area contributed by atoms with Gasteiger partial charge in [-0.2, -0.15) is 0 Å². The van der Waals surface area contributed by atoms with E-state index in [1.807, 2.05) is 41.1 Å². The number of benzene rings is 3. The topological polar surface area (TPSA) is 51.9 Å². The predicted octanol–water partition coefficient (Wildman–Crippen LogP) is 5.31. The highest BCUT2D eigenvalue weighted by Gasteiger charge is 2.11. The minimum Gasteiger partial charge on any atom is -0.341 e. The fraction of sp³-hybridized carbons (Fsp3) is 0.120. The predicted molar refractivity (Wildman–Crippen MR) is 121 cm³/mol. The fourth-order valence-corrected chi connectivity index (χ4v) is 4.03.